The second-order valence-corrected chi connectivity index (χ2v) is 4.81. The monoisotopic (exact) mass is 301 g/mol. The molecule has 114 valence electrons. The molecule has 0 aliphatic carbocycles. The van der Waals surface area contributed by atoms with Gasteiger partial charge in [-0.05, 0) is 30.7 Å². The van der Waals surface area contributed by atoms with Gasteiger partial charge in [0.1, 0.15) is 5.82 Å². The molecule has 2 aromatic rings. The highest BCUT2D eigenvalue weighted by Gasteiger charge is 2.33. The smallest absolute Gasteiger partial charge is 0.308 e. The van der Waals surface area contributed by atoms with Crippen LogP contribution in [-0.2, 0) is 19.3 Å². The van der Waals surface area contributed by atoms with Crippen LogP contribution in [0.1, 0.15) is 18.1 Å². The van der Waals surface area contributed by atoms with E-state index in [0.29, 0.717) is 12.6 Å². The molecule has 0 spiro atoms. The van der Waals surface area contributed by atoms with Crippen molar-refractivity contribution in [2.75, 3.05) is 0 Å². The lowest BCUT2D eigenvalue weighted by atomic mass is 10.1. The van der Waals surface area contributed by atoms with Crippen LogP contribution < -0.4 is 5.32 Å². The number of halogens is 4. The number of aromatic nitrogens is 2. The minimum atomic E-state index is -4.57. The molecule has 2 rings (SSSR count). The maximum absolute atomic E-state index is 13.0. The summed E-state index contributed by atoms with van der Waals surface area (Å²) < 4.78 is 53.2. The van der Waals surface area contributed by atoms with Crippen LogP contribution in [0.25, 0.3) is 0 Å². The van der Waals surface area contributed by atoms with Crippen LogP contribution in [0.2, 0.25) is 0 Å². The van der Waals surface area contributed by atoms with E-state index in [-0.39, 0.29) is 18.2 Å². The lowest BCUT2D eigenvalue weighted by Crippen LogP contribution is -2.31. The lowest BCUT2D eigenvalue weighted by Gasteiger charge is -2.17. The quantitative estimate of drug-likeness (QED) is 0.859. The van der Waals surface area contributed by atoms with Crippen LogP contribution in [0.4, 0.5) is 17.6 Å². The van der Waals surface area contributed by atoms with Crippen molar-refractivity contribution in [3.63, 3.8) is 0 Å². The third-order valence-corrected chi connectivity index (χ3v) is 3.04. The van der Waals surface area contributed by atoms with Gasteiger partial charge in [0, 0.05) is 25.0 Å². The molecule has 1 heterocycles. The van der Waals surface area contributed by atoms with Crippen LogP contribution in [0, 0.1) is 5.82 Å². The summed E-state index contributed by atoms with van der Waals surface area (Å²) >= 11 is 0. The number of hydrogen-bond donors (Lipinski definition) is 1. The van der Waals surface area contributed by atoms with Crippen LogP contribution in [-0.4, -0.2) is 15.8 Å². The molecule has 1 unspecified atom stereocenters. The van der Waals surface area contributed by atoms with Gasteiger partial charge in [0.05, 0.1) is 12.1 Å². The van der Waals surface area contributed by atoms with Crippen LogP contribution in [0.3, 0.4) is 0 Å². The average molecular weight is 301 g/mol. The summed E-state index contributed by atoms with van der Waals surface area (Å²) in [4.78, 5) is 0. The Morgan fingerprint density at radius 2 is 2.10 bits per heavy atom. The molecule has 0 aliphatic rings. The van der Waals surface area contributed by atoms with Crippen molar-refractivity contribution in [3.8, 4) is 0 Å². The Morgan fingerprint density at radius 1 is 1.33 bits per heavy atom. The van der Waals surface area contributed by atoms with Crippen molar-refractivity contribution >= 4 is 0 Å². The Labute approximate surface area is 119 Å². The van der Waals surface area contributed by atoms with Crippen molar-refractivity contribution in [2.24, 2.45) is 0 Å². The van der Waals surface area contributed by atoms with E-state index in [2.05, 4.69) is 10.4 Å². The van der Waals surface area contributed by atoms with Gasteiger partial charge in [-0.15, -0.1) is 0 Å². The van der Waals surface area contributed by atoms with E-state index in [1.807, 2.05) is 6.92 Å². The molecule has 0 bridgehead atoms. The number of hydrogen-bond acceptors (Lipinski definition) is 2. The molecule has 1 N–H and O–H groups in total. The Balaban J connectivity index is 2.03. The summed E-state index contributed by atoms with van der Waals surface area (Å²) in [5.41, 5.74) is -0.919. The molecule has 0 saturated carbocycles. The van der Waals surface area contributed by atoms with Crippen molar-refractivity contribution < 1.29 is 17.6 Å². The first-order valence-electron chi connectivity index (χ1n) is 6.42. The van der Waals surface area contributed by atoms with Crippen LogP contribution in [0.5, 0.6) is 0 Å². The SMILES string of the molecule is CC(Cn1cccn1)NCc1ccc(F)cc1C(F)(F)F. The summed E-state index contributed by atoms with van der Waals surface area (Å²) in [6.07, 6.45) is -1.16. The molecule has 1 aromatic heterocycles. The van der Waals surface area contributed by atoms with E-state index in [4.69, 9.17) is 0 Å². The van der Waals surface area contributed by atoms with E-state index in [9.17, 15) is 17.6 Å². The second-order valence-electron chi connectivity index (χ2n) is 4.81. The molecule has 0 fully saturated rings. The van der Waals surface area contributed by atoms with E-state index in [1.165, 1.54) is 0 Å². The predicted molar refractivity (Wildman–Crippen MR) is 69.9 cm³/mol. The highest BCUT2D eigenvalue weighted by molar-refractivity contribution is 5.30. The van der Waals surface area contributed by atoms with E-state index in [0.717, 1.165) is 12.1 Å². The zero-order valence-corrected chi connectivity index (χ0v) is 11.4. The maximum atomic E-state index is 13.0. The minimum Gasteiger partial charge on any atom is -0.308 e. The number of nitrogens with one attached hydrogen (secondary N) is 1. The molecule has 0 amide bonds. The Morgan fingerprint density at radius 3 is 2.71 bits per heavy atom. The molecule has 1 aromatic carbocycles. The number of alkyl halides is 3. The fourth-order valence-corrected chi connectivity index (χ4v) is 2.00. The fraction of sp³-hybridized carbons (Fsp3) is 0.357. The third-order valence-electron chi connectivity index (χ3n) is 3.04. The number of nitrogens with zero attached hydrogens (tertiary/aromatic N) is 2. The van der Waals surface area contributed by atoms with E-state index < -0.39 is 17.6 Å². The topological polar surface area (TPSA) is 29.9 Å². The molecule has 0 aliphatic heterocycles. The van der Waals surface area contributed by atoms with Crippen LogP contribution in [0.15, 0.2) is 36.7 Å². The summed E-state index contributed by atoms with van der Waals surface area (Å²) in [5, 5.41) is 7.01. The van der Waals surface area contributed by atoms with Gasteiger partial charge in [0.25, 0.3) is 0 Å². The van der Waals surface area contributed by atoms with Gasteiger partial charge in [0.15, 0.2) is 0 Å². The van der Waals surface area contributed by atoms with Gasteiger partial charge in [-0.25, -0.2) is 4.39 Å². The third kappa shape index (κ3) is 4.29. The molecule has 21 heavy (non-hydrogen) atoms. The average Bonchev–Trinajstić information content (AvgIpc) is 2.89. The largest absolute Gasteiger partial charge is 0.416 e. The van der Waals surface area contributed by atoms with Crippen LogP contribution >= 0.6 is 0 Å². The molecule has 0 radical (unpaired) electrons. The molecule has 0 saturated heterocycles. The van der Waals surface area contributed by atoms with Crippen molar-refractivity contribution in [1.29, 1.82) is 0 Å². The van der Waals surface area contributed by atoms with Gasteiger partial charge in [0.2, 0.25) is 0 Å². The fourth-order valence-electron chi connectivity index (χ4n) is 2.00. The zero-order chi connectivity index (χ0) is 15.5. The summed E-state index contributed by atoms with van der Waals surface area (Å²) in [5.74, 6) is -0.893. The van der Waals surface area contributed by atoms with E-state index >= 15 is 0 Å². The molecule has 3 nitrogen and oxygen atoms in total. The standard InChI is InChI=1S/C14H15F4N3/c1-10(9-21-6-2-5-20-21)19-8-11-3-4-12(15)7-13(11)14(16,17)18/h2-7,10,19H,8-9H2,1H3. The van der Waals surface area contributed by atoms with Gasteiger partial charge < -0.3 is 5.32 Å². The summed E-state index contributed by atoms with van der Waals surface area (Å²) in [6.45, 7) is 2.39. The lowest BCUT2D eigenvalue weighted by molar-refractivity contribution is -0.138. The number of benzene rings is 1. The molecule has 7 heteroatoms. The highest BCUT2D eigenvalue weighted by Crippen LogP contribution is 2.32. The Kier molecular flexibility index (Phi) is 4.62. The predicted octanol–water partition coefficient (Wildman–Crippen LogP) is 3.22. The molecular formula is C14H15F4N3. The summed E-state index contributed by atoms with van der Waals surface area (Å²) in [7, 11) is 0. The molecule has 1 atom stereocenters. The van der Waals surface area contributed by atoms with Gasteiger partial charge in [-0.2, -0.15) is 18.3 Å². The first kappa shape index (κ1) is 15.5. The van der Waals surface area contributed by atoms with Gasteiger partial charge >= 0.3 is 6.18 Å². The summed E-state index contributed by atoms with van der Waals surface area (Å²) in [6, 6.07) is 4.41. The normalized spacial score (nSPS) is 13.4. The zero-order valence-electron chi connectivity index (χ0n) is 11.4. The minimum absolute atomic E-state index is 0.0115. The van der Waals surface area contributed by atoms with Crippen molar-refractivity contribution in [1.82, 2.24) is 15.1 Å². The Hall–Kier alpha value is -1.89. The highest BCUT2D eigenvalue weighted by atomic mass is 19.4. The van der Waals surface area contributed by atoms with Crippen molar-refractivity contribution in [2.45, 2.75) is 32.2 Å². The maximum Gasteiger partial charge on any atom is 0.416 e. The second kappa shape index (κ2) is 6.26. The van der Waals surface area contributed by atoms with E-state index in [1.54, 1.807) is 23.1 Å². The first-order valence-corrected chi connectivity index (χ1v) is 6.42. The number of rotatable bonds is 5. The van der Waals surface area contributed by atoms with Gasteiger partial charge in [-0.3, -0.25) is 4.68 Å². The van der Waals surface area contributed by atoms with Crippen molar-refractivity contribution in [3.05, 3.63) is 53.6 Å². The first-order chi connectivity index (χ1) is 9.86. The Bertz CT molecular complexity index is 578. The van der Waals surface area contributed by atoms with Gasteiger partial charge in [-0.1, -0.05) is 6.07 Å². The molecular weight excluding hydrogens is 286 g/mol.